The lowest BCUT2D eigenvalue weighted by molar-refractivity contribution is 0.0953. The predicted octanol–water partition coefficient (Wildman–Crippen LogP) is 3.26. The minimum atomic E-state index is -0.240. The minimum absolute atomic E-state index is 0.168. The van der Waals surface area contributed by atoms with Crippen molar-refractivity contribution in [3.05, 3.63) is 63.6 Å². The first-order chi connectivity index (χ1) is 9.56. The van der Waals surface area contributed by atoms with Gasteiger partial charge in [0.05, 0.1) is 5.56 Å². The largest absolute Gasteiger partial charge is 0.352 e. The number of halogens is 2. The quantitative estimate of drug-likeness (QED) is 0.931. The molecule has 0 aliphatic carbocycles. The van der Waals surface area contributed by atoms with Crippen LogP contribution in [-0.2, 0) is 6.42 Å². The Labute approximate surface area is 125 Å². The molecule has 1 aromatic heterocycles. The number of aryl methyl sites for hydroxylation is 1. The standard InChI is InChI=1S/C15H14BrFN2O/c1-10-6-14(17)3-2-11(10)4-5-19-15(20)12-7-13(16)9-18-8-12/h2-3,6-9H,4-5H2,1H3,(H,19,20). The van der Waals surface area contributed by atoms with Crippen molar-refractivity contribution in [2.45, 2.75) is 13.3 Å². The molecule has 1 N–H and O–H groups in total. The van der Waals surface area contributed by atoms with Gasteiger partial charge in [-0.25, -0.2) is 4.39 Å². The highest BCUT2D eigenvalue weighted by atomic mass is 79.9. The highest BCUT2D eigenvalue weighted by molar-refractivity contribution is 9.10. The van der Waals surface area contributed by atoms with E-state index in [9.17, 15) is 9.18 Å². The van der Waals surface area contributed by atoms with Gasteiger partial charge in [-0.15, -0.1) is 0 Å². The molecule has 0 saturated carbocycles. The molecular weight excluding hydrogens is 323 g/mol. The summed E-state index contributed by atoms with van der Waals surface area (Å²) in [6.07, 6.45) is 3.81. The molecule has 0 bridgehead atoms. The van der Waals surface area contributed by atoms with E-state index in [-0.39, 0.29) is 11.7 Å². The molecule has 0 radical (unpaired) electrons. The first-order valence-corrected chi connectivity index (χ1v) is 6.99. The number of carbonyl (C=O) groups excluding carboxylic acids is 1. The Morgan fingerprint density at radius 3 is 2.85 bits per heavy atom. The number of hydrogen-bond acceptors (Lipinski definition) is 2. The molecule has 1 aromatic carbocycles. The van der Waals surface area contributed by atoms with Crippen LogP contribution < -0.4 is 5.32 Å². The topological polar surface area (TPSA) is 42.0 Å². The Kier molecular flexibility index (Phi) is 4.84. The molecule has 1 amide bonds. The normalized spacial score (nSPS) is 10.3. The Balaban J connectivity index is 1.91. The van der Waals surface area contributed by atoms with Crippen LogP contribution in [0.25, 0.3) is 0 Å². The van der Waals surface area contributed by atoms with Crippen molar-refractivity contribution in [1.29, 1.82) is 0 Å². The van der Waals surface area contributed by atoms with Crippen LogP contribution in [0.4, 0.5) is 4.39 Å². The zero-order chi connectivity index (χ0) is 14.5. The third kappa shape index (κ3) is 3.87. The van der Waals surface area contributed by atoms with Crippen LogP contribution in [0.5, 0.6) is 0 Å². The summed E-state index contributed by atoms with van der Waals surface area (Å²) in [6, 6.07) is 6.39. The highest BCUT2D eigenvalue weighted by Gasteiger charge is 2.06. The summed E-state index contributed by atoms with van der Waals surface area (Å²) in [5, 5.41) is 2.82. The van der Waals surface area contributed by atoms with Crippen LogP contribution in [0.15, 0.2) is 41.1 Å². The molecule has 104 valence electrons. The highest BCUT2D eigenvalue weighted by Crippen LogP contribution is 2.11. The third-order valence-corrected chi connectivity index (χ3v) is 3.39. The van der Waals surface area contributed by atoms with Gasteiger partial charge < -0.3 is 5.32 Å². The minimum Gasteiger partial charge on any atom is -0.352 e. The number of carbonyl (C=O) groups is 1. The van der Waals surface area contributed by atoms with Crippen molar-refractivity contribution in [2.75, 3.05) is 6.54 Å². The van der Waals surface area contributed by atoms with Crippen molar-refractivity contribution >= 4 is 21.8 Å². The second-order valence-corrected chi connectivity index (χ2v) is 5.38. The zero-order valence-corrected chi connectivity index (χ0v) is 12.6. The van der Waals surface area contributed by atoms with Crippen molar-refractivity contribution in [2.24, 2.45) is 0 Å². The van der Waals surface area contributed by atoms with Gasteiger partial charge in [0.25, 0.3) is 5.91 Å². The van der Waals surface area contributed by atoms with Gasteiger partial charge in [0.2, 0.25) is 0 Å². The average molecular weight is 337 g/mol. The number of nitrogens with one attached hydrogen (secondary N) is 1. The van der Waals surface area contributed by atoms with Crippen LogP contribution in [-0.4, -0.2) is 17.4 Å². The predicted molar refractivity (Wildman–Crippen MR) is 79.1 cm³/mol. The van der Waals surface area contributed by atoms with Crippen molar-refractivity contribution in [1.82, 2.24) is 10.3 Å². The lowest BCUT2D eigenvalue weighted by atomic mass is 10.1. The van der Waals surface area contributed by atoms with Crippen LogP contribution >= 0.6 is 15.9 Å². The Hall–Kier alpha value is -1.75. The average Bonchev–Trinajstić information content (AvgIpc) is 2.41. The molecule has 1 heterocycles. The number of aromatic nitrogens is 1. The third-order valence-electron chi connectivity index (χ3n) is 2.95. The lowest BCUT2D eigenvalue weighted by Crippen LogP contribution is -2.26. The molecule has 0 aliphatic heterocycles. The molecule has 5 heteroatoms. The maximum absolute atomic E-state index is 13.0. The summed E-state index contributed by atoms with van der Waals surface area (Å²) < 4.78 is 13.7. The maximum atomic E-state index is 13.0. The van der Waals surface area contributed by atoms with Gasteiger partial charge in [-0.2, -0.15) is 0 Å². The molecule has 2 aromatic rings. The molecule has 0 unspecified atom stereocenters. The number of nitrogens with zero attached hydrogens (tertiary/aromatic N) is 1. The molecule has 2 rings (SSSR count). The fourth-order valence-corrected chi connectivity index (χ4v) is 2.25. The number of pyridine rings is 1. The Bertz CT molecular complexity index is 631. The van der Waals surface area contributed by atoms with Gasteiger partial charge in [-0.05, 0) is 58.6 Å². The van der Waals surface area contributed by atoms with Gasteiger partial charge in [0, 0.05) is 23.4 Å². The molecule has 0 fully saturated rings. The molecule has 0 spiro atoms. The maximum Gasteiger partial charge on any atom is 0.252 e. The Morgan fingerprint density at radius 1 is 1.35 bits per heavy atom. The molecule has 3 nitrogen and oxygen atoms in total. The fourth-order valence-electron chi connectivity index (χ4n) is 1.89. The summed E-state index contributed by atoms with van der Waals surface area (Å²) in [4.78, 5) is 15.8. The van der Waals surface area contributed by atoms with Gasteiger partial charge in [0.1, 0.15) is 5.82 Å². The SMILES string of the molecule is Cc1cc(F)ccc1CCNC(=O)c1cncc(Br)c1. The van der Waals surface area contributed by atoms with Crippen molar-refractivity contribution < 1.29 is 9.18 Å². The van der Waals surface area contributed by atoms with E-state index in [0.717, 1.165) is 15.6 Å². The van der Waals surface area contributed by atoms with E-state index in [1.165, 1.54) is 18.3 Å². The van der Waals surface area contributed by atoms with E-state index in [0.29, 0.717) is 18.5 Å². The van der Waals surface area contributed by atoms with Crippen LogP contribution in [0.2, 0.25) is 0 Å². The van der Waals surface area contributed by atoms with Crippen molar-refractivity contribution in [3.63, 3.8) is 0 Å². The number of benzene rings is 1. The van der Waals surface area contributed by atoms with Crippen LogP contribution in [0.1, 0.15) is 21.5 Å². The van der Waals surface area contributed by atoms with Gasteiger partial charge >= 0.3 is 0 Å². The molecule has 20 heavy (non-hydrogen) atoms. The summed E-state index contributed by atoms with van der Waals surface area (Å²) in [5.74, 6) is -0.408. The summed E-state index contributed by atoms with van der Waals surface area (Å²) in [5.41, 5.74) is 2.43. The summed E-state index contributed by atoms with van der Waals surface area (Å²) in [6.45, 7) is 2.36. The molecule has 0 aliphatic rings. The number of amides is 1. The van der Waals surface area contributed by atoms with Crippen LogP contribution in [0.3, 0.4) is 0 Å². The monoisotopic (exact) mass is 336 g/mol. The van der Waals surface area contributed by atoms with E-state index in [2.05, 4.69) is 26.2 Å². The fraction of sp³-hybridized carbons (Fsp3) is 0.200. The van der Waals surface area contributed by atoms with Crippen LogP contribution in [0, 0.1) is 12.7 Å². The zero-order valence-electron chi connectivity index (χ0n) is 11.0. The molecular formula is C15H14BrFN2O. The first-order valence-electron chi connectivity index (χ1n) is 6.20. The van der Waals surface area contributed by atoms with E-state index >= 15 is 0 Å². The smallest absolute Gasteiger partial charge is 0.252 e. The van der Waals surface area contributed by atoms with Crippen molar-refractivity contribution in [3.8, 4) is 0 Å². The lowest BCUT2D eigenvalue weighted by Gasteiger charge is -2.08. The number of hydrogen-bond donors (Lipinski definition) is 1. The second kappa shape index (κ2) is 6.61. The van der Waals surface area contributed by atoms with E-state index < -0.39 is 0 Å². The number of rotatable bonds is 4. The van der Waals surface area contributed by atoms with Gasteiger partial charge in [0.15, 0.2) is 0 Å². The summed E-state index contributed by atoms with van der Waals surface area (Å²) >= 11 is 3.27. The Morgan fingerprint density at radius 2 is 2.15 bits per heavy atom. The molecule has 0 saturated heterocycles. The summed E-state index contributed by atoms with van der Waals surface area (Å²) in [7, 11) is 0. The van der Waals surface area contributed by atoms with E-state index in [1.54, 1.807) is 18.3 Å². The second-order valence-electron chi connectivity index (χ2n) is 4.47. The first kappa shape index (κ1) is 14.7. The van der Waals surface area contributed by atoms with Gasteiger partial charge in [-0.3, -0.25) is 9.78 Å². The van der Waals surface area contributed by atoms with Gasteiger partial charge in [-0.1, -0.05) is 6.07 Å². The van der Waals surface area contributed by atoms with E-state index in [1.807, 2.05) is 6.92 Å². The van der Waals surface area contributed by atoms with E-state index in [4.69, 9.17) is 0 Å². The molecule has 0 atom stereocenters.